The van der Waals surface area contributed by atoms with Crippen molar-refractivity contribution in [3.63, 3.8) is 0 Å². The summed E-state index contributed by atoms with van der Waals surface area (Å²) >= 11 is 0. The number of hydrogen-bond donors (Lipinski definition) is 1. The van der Waals surface area contributed by atoms with Gasteiger partial charge < -0.3 is 10.0 Å². The number of rotatable bonds is 8. The molecule has 4 nitrogen and oxygen atoms in total. The van der Waals surface area contributed by atoms with Crippen LogP contribution in [0.4, 0.5) is 0 Å². The van der Waals surface area contributed by atoms with Crippen LogP contribution in [-0.4, -0.2) is 34.0 Å². The molecule has 0 radical (unpaired) electrons. The molecule has 0 aliphatic heterocycles. The van der Waals surface area contributed by atoms with Gasteiger partial charge in [-0.3, -0.25) is 4.79 Å². The first kappa shape index (κ1) is 18.7. The van der Waals surface area contributed by atoms with Crippen molar-refractivity contribution in [2.24, 2.45) is 5.41 Å². The standard InChI is InChI=1S/C16H29NO3/c1-7-15(3,4)11-12-17(16(5,6)8-2)13(18)9-10-14(19)20/h9-10H,7-8,11-12H2,1-6H3,(H,19,20)/b10-9-. The molecule has 0 saturated heterocycles. The van der Waals surface area contributed by atoms with E-state index >= 15 is 0 Å². The highest BCUT2D eigenvalue weighted by Gasteiger charge is 2.29. The van der Waals surface area contributed by atoms with Crippen molar-refractivity contribution >= 4 is 11.9 Å². The van der Waals surface area contributed by atoms with Crippen molar-refractivity contribution in [1.82, 2.24) is 4.90 Å². The van der Waals surface area contributed by atoms with Crippen LogP contribution in [-0.2, 0) is 9.59 Å². The minimum atomic E-state index is -1.10. The first-order valence-electron chi connectivity index (χ1n) is 7.28. The van der Waals surface area contributed by atoms with Gasteiger partial charge in [-0.25, -0.2) is 4.79 Å². The van der Waals surface area contributed by atoms with Gasteiger partial charge in [0.15, 0.2) is 0 Å². The summed E-state index contributed by atoms with van der Waals surface area (Å²) in [5.74, 6) is -1.33. The van der Waals surface area contributed by atoms with E-state index in [2.05, 4.69) is 20.8 Å². The van der Waals surface area contributed by atoms with Crippen LogP contribution in [0.3, 0.4) is 0 Å². The molecule has 0 bridgehead atoms. The van der Waals surface area contributed by atoms with Gasteiger partial charge in [-0.15, -0.1) is 0 Å². The molecule has 0 spiro atoms. The molecule has 0 aromatic carbocycles. The first-order valence-corrected chi connectivity index (χ1v) is 7.28. The Morgan fingerprint density at radius 1 is 1.05 bits per heavy atom. The van der Waals surface area contributed by atoms with Crippen LogP contribution in [0.1, 0.15) is 60.8 Å². The van der Waals surface area contributed by atoms with E-state index in [1.165, 1.54) is 0 Å². The minimum Gasteiger partial charge on any atom is -0.478 e. The molecule has 4 heteroatoms. The summed E-state index contributed by atoms with van der Waals surface area (Å²) < 4.78 is 0. The maximum absolute atomic E-state index is 12.2. The van der Waals surface area contributed by atoms with Crippen molar-refractivity contribution in [3.8, 4) is 0 Å². The first-order chi connectivity index (χ1) is 9.05. The third kappa shape index (κ3) is 6.22. The van der Waals surface area contributed by atoms with Crippen molar-refractivity contribution in [2.45, 2.75) is 66.3 Å². The van der Waals surface area contributed by atoms with Crippen LogP contribution in [0.5, 0.6) is 0 Å². The number of aliphatic carboxylic acids is 1. The topological polar surface area (TPSA) is 57.6 Å². The molecular weight excluding hydrogens is 254 g/mol. The molecule has 0 aliphatic rings. The second-order valence-electron chi connectivity index (χ2n) is 6.60. The number of carboxylic acid groups (broad SMARTS) is 1. The van der Waals surface area contributed by atoms with Gasteiger partial charge in [0.25, 0.3) is 0 Å². The van der Waals surface area contributed by atoms with Crippen LogP contribution in [0.25, 0.3) is 0 Å². The molecular formula is C16H29NO3. The Bertz CT molecular complexity index is 370. The SMILES string of the molecule is CCC(C)(C)CCN(C(=O)/C=C\C(=O)O)C(C)(C)CC. The molecule has 0 saturated carbocycles. The number of hydrogen-bond acceptors (Lipinski definition) is 2. The number of nitrogens with zero attached hydrogens (tertiary/aromatic N) is 1. The van der Waals surface area contributed by atoms with Gasteiger partial charge in [0.1, 0.15) is 0 Å². The molecule has 0 aliphatic carbocycles. The fourth-order valence-electron chi connectivity index (χ4n) is 1.73. The fraction of sp³-hybridized carbons (Fsp3) is 0.750. The quantitative estimate of drug-likeness (QED) is 0.694. The molecule has 20 heavy (non-hydrogen) atoms. The van der Waals surface area contributed by atoms with Crippen LogP contribution < -0.4 is 0 Å². The maximum Gasteiger partial charge on any atom is 0.328 e. The lowest BCUT2D eigenvalue weighted by Gasteiger charge is -2.39. The zero-order chi connectivity index (χ0) is 16.0. The highest BCUT2D eigenvalue weighted by molar-refractivity contribution is 5.94. The second kappa shape index (κ2) is 7.46. The Labute approximate surface area is 122 Å². The Morgan fingerprint density at radius 3 is 2.00 bits per heavy atom. The lowest BCUT2D eigenvalue weighted by Crippen LogP contribution is -2.48. The van der Waals surface area contributed by atoms with Gasteiger partial charge in [-0.05, 0) is 32.1 Å². The Kier molecular flexibility index (Phi) is 6.97. The van der Waals surface area contributed by atoms with Crippen LogP contribution in [0.15, 0.2) is 12.2 Å². The Balaban J connectivity index is 5.01. The Morgan fingerprint density at radius 2 is 1.60 bits per heavy atom. The van der Waals surface area contributed by atoms with E-state index in [-0.39, 0.29) is 16.9 Å². The molecule has 0 unspecified atom stereocenters. The van der Waals surface area contributed by atoms with Crippen molar-refractivity contribution in [3.05, 3.63) is 12.2 Å². The van der Waals surface area contributed by atoms with E-state index in [1.54, 1.807) is 4.90 Å². The molecule has 0 rings (SSSR count). The van der Waals surface area contributed by atoms with Gasteiger partial charge in [0, 0.05) is 24.2 Å². The Hall–Kier alpha value is -1.32. The van der Waals surface area contributed by atoms with Crippen molar-refractivity contribution in [1.29, 1.82) is 0 Å². The number of carbonyl (C=O) groups excluding carboxylic acids is 1. The number of carboxylic acids is 1. The van der Waals surface area contributed by atoms with Crippen LogP contribution >= 0.6 is 0 Å². The summed E-state index contributed by atoms with van der Waals surface area (Å²) in [7, 11) is 0. The van der Waals surface area contributed by atoms with Crippen molar-refractivity contribution in [2.75, 3.05) is 6.54 Å². The van der Waals surface area contributed by atoms with Gasteiger partial charge in [-0.2, -0.15) is 0 Å². The molecule has 0 aromatic rings. The van der Waals surface area contributed by atoms with Gasteiger partial charge >= 0.3 is 5.97 Å². The lowest BCUT2D eigenvalue weighted by atomic mass is 9.85. The van der Waals surface area contributed by atoms with E-state index in [9.17, 15) is 9.59 Å². The smallest absolute Gasteiger partial charge is 0.328 e. The maximum atomic E-state index is 12.2. The lowest BCUT2D eigenvalue weighted by molar-refractivity contribution is -0.134. The van der Waals surface area contributed by atoms with Crippen LogP contribution in [0, 0.1) is 5.41 Å². The van der Waals surface area contributed by atoms with E-state index in [4.69, 9.17) is 5.11 Å². The van der Waals surface area contributed by atoms with E-state index in [0.29, 0.717) is 6.54 Å². The number of carbonyl (C=O) groups is 2. The third-order valence-corrected chi connectivity index (χ3v) is 4.20. The second-order valence-corrected chi connectivity index (χ2v) is 6.60. The summed E-state index contributed by atoms with van der Waals surface area (Å²) in [6.07, 6.45) is 4.84. The van der Waals surface area contributed by atoms with Gasteiger partial charge in [-0.1, -0.05) is 34.1 Å². The van der Waals surface area contributed by atoms with Crippen LogP contribution in [0.2, 0.25) is 0 Å². The average molecular weight is 283 g/mol. The molecule has 116 valence electrons. The monoisotopic (exact) mass is 283 g/mol. The molecule has 1 amide bonds. The van der Waals surface area contributed by atoms with Gasteiger partial charge in [0.05, 0.1) is 0 Å². The largest absolute Gasteiger partial charge is 0.478 e. The zero-order valence-electron chi connectivity index (χ0n) is 13.7. The molecule has 1 N–H and O–H groups in total. The minimum absolute atomic E-state index is 0.179. The highest BCUT2D eigenvalue weighted by Crippen LogP contribution is 2.27. The molecule has 0 atom stereocenters. The summed E-state index contributed by atoms with van der Waals surface area (Å²) in [5, 5.41) is 8.64. The fourth-order valence-corrected chi connectivity index (χ4v) is 1.73. The third-order valence-electron chi connectivity index (χ3n) is 4.20. The molecule has 0 heterocycles. The summed E-state index contributed by atoms with van der Waals surface area (Å²) in [4.78, 5) is 24.6. The van der Waals surface area contributed by atoms with E-state index < -0.39 is 5.97 Å². The van der Waals surface area contributed by atoms with E-state index in [0.717, 1.165) is 31.4 Å². The van der Waals surface area contributed by atoms with Gasteiger partial charge in [0.2, 0.25) is 5.91 Å². The average Bonchev–Trinajstić information content (AvgIpc) is 2.36. The zero-order valence-corrected chi connectivity index (χ0v) is 13.7. The van der Waals surface area contributed by atoms with E-state index in [1.807, 2.05) is 20.8 Å². The number of amides is 1. The summed E-state index contributed by atoms with van der Waals surface area (Å²) in [6, 6.07) is 0. The summed E-state index contributed by atoms with van der Waals surface area (Å²) in [5.41, 5.74) is -0.0946. The predicted octanol–water partition coefficient (Wildman–Crippen LogP) is 3.47. The highest BCUT2D eigenvalue weighted by atomic mass is 16.4. The van der Waals surface area contributed by atoms with Crippen molar-refractivity contribution < 1.29 is 14.7 Å². The molecule has 0 aromatic heterocycles. The predicted molar refractivity (Wildman–Crippen MR) is 81.5 cm³/mol. The molecule has 0 fully saturated rings. The normalized spacial score (nSPS) is 12.7. The summed E-state index contributed by atoms with van der Waals surface area (Å²) in [6.45, 7) is 13.2.